The van der Waals surface area contributed by atoms with Gasteiger partial charge in [0.15, 0.2) is 0 Å². The lowest BCUT2D eigenvalue weighted by Gasteiger charge is -1.91. The van der Waals surface area contributed by atoms with Crippen molar-refractivity contribution in [1.82, 2.24) is 0 Å². The molecule has 0 heteroatoms. The molecule has 0 unspecified atom stereocenters. The largest absolute Gasteiger partial charge is 0.0991 e. The van der Waals surface area contributed by atoms with Crippen LogP contribution in [-0.2, 0) is 0 Å². The first-order chi connectivity index (χ1) is 7.16. The molecule has 0 aliphatic carbocycles. The zero-order valence-corrected chi connectivity index (χ0v) is 9.74. The molecule has 0 aliphatic rings. The second kappa shape index (κ2) is 9.01. The average Bonchev–Trinajstić information content (AvgIpc) is 2.17. The molecule has 0 heterocycles. The fourth-order valence-electron chi connectivity index (χ4n) is 0.885. The summed E-state index contributed by atoms with van der Waals surface area (Å²) in [5.74, 6) is 0. The van der Waals surface area contributed by atoms with Gasteiger partial charge >= 0.3 is 0 Å². The number of hydrogen-bond acceptors (Lipinski definition) is 0. The number of rotatable bonds is 6. The minimum atomic E-state index is 0.884. The Balaban J connectivity index is 3.90. The van der Waals surface area contributed by atoms with Gasteiger partial charge in [0.25, 0.3) is 0 Å². The van der Waals surface area contributed by atoms with Gasteiger partial charge in [-0.05, 0) is 20.3 Å². The fraction of sp³-hybridized carbons (Fsp3) is 0.200. The van der Waals surface area contributed by atoms with Crippen LogP contribution in [0.2, 0.25) is 0 Å². The molecular formula is C15H20. The molecule has 0 aromatic heterocycles. The van der Waals surface area contributed by atoms with Crippen molar-refractivity contribution < 1.29 is 0 Å². The molecule has 0 nitrogen and oxygen atoms in total. The van der Waals surface area contributed by atoms with Crippen LogP contribution in [0.25, 0.3) is 0 Å². The molecule has 0 bridgehead atoms. The predicted octanol–water partition coefficient (Wildman–Crippen LogP) is 4.75. The first-order valence-electron chi connectivity index (χ1n) is 5.10. The summed E-state index contributed by atoms with van der Waals surface area (Å²) in [6.07, 6.45) is 16.7. The molecule has 0 atom stereocenters. The third-order valence-electron chi connectivity index (χ3n) is 1.64. The lowest BCUT2D eigenvalue weighted by molar-refractivity contribution is 1.30. The maximum absolute atomic E-state index is 3.96. The Bertz CT molecular complexity index is 305. The molecule has 0 saturated carbocycles. The van der Waals surface area contributed by atoms with Crippen LogP contribution < -0.4 is 0 Å². The lowest BCUT2D eigenvalue weighted by atomic mass is 10.2. The van der Waals surface area contributed by atoms with Crippen LogP contribution in [0.4, 0.5) is 0 Å². The molecule has 0 fully saturated rings. The molecule has 0 aromatic carbocycles. The molecule has 0 spiro atoms. The topological polar surface area (TPSA) is 0 Å². The summed E-state index contributed by atoms with van der Waals surface area (Å²) in [6, 6.07) is 0. The smallest absolute Gasteiger partial charge is 0.0100 e. The van der Waals surface area contributed by atoms with E-state index in [-0.39, 0.29) is 0 Å². The zero-order valence-electron chi connectivity index (χ0n) is 9.74. The minimum Gasteiger partial charge on any atom is -0.0991 e. The number of allylic oxidation sites excluding steroid dienone is 10. The van der Waals surface area contributed by atoms with Crippen LogP contribution in [0.1, 0.15) is 20.3 Å². The van der Waals surface area contributed by atoms with Crippen molar-refractivity contribution in [1.29, 1.82) is 0 Å². The van der Waals surface area contributed by atoms with Crippen LogP contribution >= 0.6 is 0 Å². The van der Waals surface area contributed by atoms with E-state index in [2.05, 4.69) is 39.2 Å². The molecular weight excluding hydrogens is 180 g/mol. The molecule has 80 valence electrons. The molecule has 15 heavy (non-hydrogen) atoms. The molecule has 0 aliphatic heterocycles. The van der Waals surface area contributed by atoms with Crippen molar-refractivity contribution in [3.05, 3.63) is 72.9 Å². The van der Waals surface area contributed by atoms with Crippen LogP contribution in [-0.4, -0.2) is 0 Å². The number of hydrogen-bond donors (Lipinski definition) is 0. The summed E-state index contributed by atoms with van der Waals surface area (Å²) >= 11 is 0. The van der Waals surface area contributed by atoms with Crippen molar-refractivity contribution in [3.63, 3.8) is 0 Å². The van der Waals surface area contributed by atoms with Crippen LogP contribution in [0.15, 0.2) is 72.9 Å². The van der Waals surface area contributed by atoms with E-state index in [1.165, 1.54) is 5.57 Å². The Hall–Kier alpha value is -1.56. The summed E-state index contributed by atoms with van der Waals surface area (Å²) in [5.41, 5.74) is 2.40. The highest BCUT2D eigenvalue weighted by atomic mass is 13.9. The van der Waals surface area contributed by atoms with Gasteiger partial charge in [-0.3, -0.25) is 0 Å². The predicted molar refractivity (Wildman–Crippen MR) is 70.8 cm³/mol. The highest BCUT2D eigenvalue weighted by Crippen LogP contribution is 2.02. The van der Waals surface area contributed by atoms with Gasteiger partial charge in [0.2, 0.25) is 0 Å². The summed E-state index contributed by atoms with van der Waals surface area (Å²) in [4.78, 5) is 0. The van der Waals surface area contributed by atoms with Crippen LogP contribution in [0.3, 0.4) is 0 Å². The third-order valence-corrected chi connectivity index (χ3v) is 1.64. The zero-order chi connectivity index (χ0) is 11.5. The molecule has 0 radical (unpaired) electrons. The van der Waals surface area contributed by atoms with Gasteiger partial charge in [-0.1, -0.05) is 72.9 Å². The van der Waals surface area contributed by atoms with Gasteiger partial charge in [-0.25, -0.2) is 0 Å². The third kappa shape index (κ3) is 10.4. The maximum atomic E-state index is 3.96. The quantitative estimate of drug-likeness (QED) is 0.543. The van der Waals surface area contributed by atoms with Gasteiger partial charge in [-0.2, -0.15) is 0 Å². The first-order valence-corrected chi connectivity index (χ1v) is 5.10. The van der Waals surface area contributed by atoms with Gasteiger partial charge < -0.3 is 0 Å². The molecule has 0 rings (SSSR count). The molecule has 0 aromatic rings. The van der Waals surface area contributed by atoms with E-state index in [0.29, 0.717) is 0 Å². The Morgan fingerprint density at radius 3 is 2.40 bits per heavy atom. The van der Waals surface area contributed by atoms with Gasteiger partial charge in [-0.15, -0.1) is 0 Å². The van der Waals surface area contributed by atoms with Crippen molar-refractivity contribution in [3.8, 4) is 0 Å². The van der Waals surface area contributed by atoms with E-state index in [9.17, 15) is 0 Å². The lowest BCUT2D eigenvalue weighted by Crippen LogP contribution is -1.70. The van der Waals surface area contributed by atoms with E-state index < -0.39 is 0 Å². The van der Waals surface area contributed by atoms with Crippen molar-refractivity contribution in [2.75, 3.05) is 0 Å². The van der Waals surface area contributed by atoms with Crippen LogP contribution in [0.5, 0.6) is 0 Å². The van der Waals surface area contributed by atoms with Crippen molar-refractivity contribution in [2.24, 2.45) is 0 Å². The standard InChI is InChI=1S/C15H20/c1-5-6-7-8-9-12-15(4)13-10-11-14(2)3/h5-11,13H,1,4,12H2,2-3H3/b7-6-,9-8-,13-10-. The van der Waals surface area contributed by atoms with E-state index in [0.717, 1.165) is 12.0 Å². The minimum absolute atomic E-state index is 0.884. The summed E-state index contributed by atoms with van der Waals surface area (Å²) in [7, 11) is 0. The molecule has 0 amide bonds. The molecule has 0 N–H and O–H groups in total. The Labute approximate surface area is 93.7 Å². The average molecular weight is 200 g/mol. The maximum Gasteiger partial charge on any atom is -0.0100 e. The highest BCUT2D eigenvalue weighted by molar-refractivity contribution is 5.23. The van der Waals surface area contributed by atoms with Crippen LogP contribution in [0, 0.1) is 0 Å². The van der Waals surface area contributed by atoms with Gasteiger partial charge in [0, 0.05) is 0 Å². The van der Waals surface area contributed by atoms with Gasteiger partial charge in [0.05, 0.1) is 0 Å². The normalized spacial score (nSPS) is 11.3. The monoisotopic (exact) mass is 200 g/mol. The molecule has 0 saturated heterocycles. The SMILES string of the molecule is C=C/C=C\C=C/CC(=C)/C=C\C=C(C)C. The Morgan fingerprint density at radius 1 is 1.07 bits per heavy atom. The highest BCUT2D eigenvalue weighted by Gasteiger charge is 1.81. The van der Waals surface area contributed by atoms with Gasteiger partial charge in [0.1, 0.15) is 0 Å². The second-order valence-electron chi connectivity index (χ2n) is 3.51. The summed E-state index contributed by atoms with van der Waals surface area (Å²) < 4.78 is 0. The van der Waals surface area contributed by atoms with E-state index >= 15 is 0 Å². The Morgan fingerprint density at radius 2 is 1.80 bits per heavy atom. The van der Waals surface area contributed by atoms with Crippen molar-refractivity contribution >= 4 is 0 Å². The fourth-order valence-corrected chi connectivity index (χ4v) is 0.885. The van der Waals surface area contributed by atoms with E-state index in [1.54, 1.807) is 6.08 Å². The Kier molecular flexibility index (Phi) is 8.08. The van der Waals surface area contributed by atoms with E-state index in [1.807, 2.05) is 30.4 Å². The summed E-state index contributed by atoms with van der Waals surface area (Å²) in [6.45, 7) is 11.7. The first kappa shape index (κ1) is 13.4. The summed E-state index contributed by atoms with van der Waals surface area (Å²) in [5, 5.41) is 0. The van der Waals surface area contributed by atoms with Crippen molar-refractivity contribution in [2.45, 2.75) is 20.3 Å². The van der Waals surface area contributed by atoms with E-state index in [4.69, 9.17) is 0 Å². The second-order valence-corrected chi connectivity index (χ2v) is 3.51.